The molecule has 102 valence electrons. The highest BCUT2D eigenvalue weighted by molar-refractivity contribution is 9.18. The number of benzene rings is 2. The van der Waals surface area contributed by atoms with E-state index in [4.69, 9.17) is 0 Å². The lowest BCUT2D eigenvalue weighted by Crippen LogP contribution is -2.18. The third-order valence-corrected chi connectivity index (χ3v) is 3.57. The quantitative estimate of drug-likeness (QED) is 0.613. The van der Waals surface area contributed by atoms with Gasteiger partial charge in [-0.3, -0.25) is 4.79 Å². The predicted molar refractivity (Wildman–Crippen MR) is 85.2 cm³/mol. The first-order chi connectivity index (χ1) is 9.58. The standard InChI is InChI=1S/C14H10Br2N2O2/c15-10-6-7-12(19)11(8-10)13(16)17-18-14(20)9-4-2-1-3-5-9/h1-8,19H,(H,18,20)/b17-13-. The van der Waals surface area contributed by atoms with Gasteiger partial charge in [-0.15, -0.1) is 0 Å². The molecule has 6 heteroatoms. The monoisotopic (exact) mass is 396 g/mol. The van der Waals surface area contributed by atoms with Crippen molar-refractivity contribution in [2.75, 3.05) is 0 Å². The molecule has 0 aliphatic carbocycles. The molecular formula is C14H10Br2N2O2. The number of nitrogens with zero attached hydrogens (tertiary/aromatic N) is 1. The Morgan fingerprint density at radius 3 is 2.55 bits per heavy atom. The van der Waals surface area contributed by atoms with Crippen molar-refractivity contribution in [2.24, 2.45) is 5.10 Å². The lowest BCUT2D eigenvalue weighted by Gasteiger charge is -2.04. The predicted octanol–water partition coefficient (Wildman–Crippen LogP) is 3.64. The summed E-state index contributed by atoms with van der Waals surface area (Å²) in [6.45, 7) is 0. The maximum atomic E-state index is 11.8. The Balaban J connectivity index is 2.15. The average molecular weight is 398 g/mol. The van der Waals surface area contributed by atoms with E-state index in [1.165, 1.54) is 6.07 Å². The maximum absolute atomic E-state index is 11.8. The normalized spacial score (nSPS) is 11.2. The molecule has 4 nitrogen and oxygen atoms in total. The zero-order valence-electron chi connectivity index (χ0n) is 10.2. The second-order valence-electron chi connectivity index (χ2n) is 3.87. The summed E-state index contributed by atoms with van der Waals surface area (Å²) in [5, 5.41) is 13.7. The van der Waals surface area contributed by atoms with Crippen LogP contribution in [0.5, 0.6) is 5.75 Å². The van der Waals surface area contributed by atoms with E-state index in [9.17, 15) is 9.90 Å². The van der Waals surface area contributed by atoms with E-state index in [0.29, 0.717) is 15.7 Å². The molecule has 1 amide bonds. The van der Waals surface area contributed by atoms with E-state index in [1.54, 1.807) is 36.4 Å². The maximum Gasteiger partial charge on any atom is 0.271 e. The average Bonchev–Trinajstić information content (AvgIpc) is 2.47. The van der Waals surface area contributed by atoms with E-state index < -0.39 is 0 Å². The highest BCUT2D eigenvalue weighted by Crippen LogP contribution is 2.24. The van der Waals surface area contributed by atoms with Crippen molar-refractivity contribution in [1.82, 2.24) is 5.43 Å². The van der Waals surface area contributed by atoms with Gasteiger partial charge >= 0.3 is 0 Å². The van der Waals surface area contributed by atoms with Gasteiger partial charge in [-0.25, -0.2) is 5.43 Å². The molecule has 2 aromatic carbocycles. The summed E-state index contributed by atoms with van der Waals surface area (Å²) >= 11 is 6.53. The Hall–Kier alpha value is -1.66. The van der Waals surface area contributed by atoms with Crippen LogP contribution in [-0.2, 0) is 0 Å². The highest BCUT2D eigenvalue weighted by atomic mass is 79.9. The molecule has 0 saturated carbocycles. The van der Waals surface area contributed by atoms with Crippen LogP contribution >= 0.6 is 31.9 Å². The SMILES string of the molecule is O=C(N/N=C(\Br)c1cc(Br)ccc1O)c1ccccc1. The fourth-order valence-electron chi connectivity index (χ4n) is 1.49. The van der Waals surface area contributed by atoms with Crippen LogP contribution < -0.4 is 5.43 Å². The van der Waals surface area contributed by atoms with Gasteiger partial charge in [0.1, 0.15) is 10.4 Å². The molecule has 0 bridgehead atoms. The van der Waals surface area contributed by atoms with Crippen molar-refractivity contribution in [3.05, 3.63) is 64.1 Å². The van der Waals surface area contributed by atoms with Gasteiger partial charge in [-0.1, -0.05) is 34.1 Å². The Morgan fingerprint density at radius 2 is 1.85 bits per heavy atom. The number of carbonyl (C=O) groups excluding carboxylic acids is 1. The minimum atomic E-state index is -0.322. The number of hydrazone groups is 1. The molecule has 0 heterocycles. The van der Waals surface area contributed by atoms with Gasteiger partial charge in [0.2, 0.25) is 0 Å². The number of nitrogens with one attached hydrogen (secondary N) is 1. The molecule has 0 fully saturated rings. The Bertz CT molecular complexity index is 657. The first kappa shape index (κ1) is 14.7. The van der Waals surface area contributed by atoms with Gasteiger partial charge in [0.15, 0.2) is 0 Å². The topological polar surface area (TPSA) is 61.7 Å². The lowest BCUT2D eigenvalue weighted by atomic mass is 10.2. The third-order valence-electron chi connectivity index (χ3n) is 2.47. The number of rotatable bonds is 3. The summed E-state index contributed by atoms with van der Waals surface area (Å²) in [4.78, 5) is 11.8. The molecule has 2 N–H and O–H groups in total. The molecule has 0 saturated heterocycles. The molecule has 20 heavy (non-hydrogen) atoms. The Labute approximate surface area is 132 Å². The first-order valence-corrected chi connectivity index (χ1v) is 7.24. The molecule has 0 unspecified atom stereocenters. The fraction of sp³-hybridized carbons (Fsp3) is 0. The van der Waals surface area contributed by atoms with Crippen molar-refractivity contribution in [2.45, 2.75) is 0 Å². The van der Waals surface area contributed by atoms with Crippen molar-refractivity contribution >= 4 is 42.4 Å². The van der Waals surface area contributed by atoms with E-state index in [1.807, 2.05) is 6.07 Å². The van der Waals surface area contributed by atoms with Crippen LogP contribution in [0.1, 0.15) is 15.9 Å². The van der Waals surface area contributed by atoms with E-state index in [0.717, 1.165) is 4.47 Å². The molecule has 2 rings (SSSR count). The van der Waals surface area contributed by atoms with Gasteiger partial charge in [-0.05, 0) is 46.3 Å². The highest BCUT2D eigenvalue weighted by Gasteiger charge is 2.08. The molecule has 0 spiro atoms. The summed E-state index contributed by atoms with van der Waals surface area (Å²) in [5.41, 5.74) is 3.41. The zero-order valence-corrected chi connectivity index (χ0v) is 13.3. The number of carbonyl (C=O) groups is 1. The van der Waals surface area contributed by atoms with Crippen LogP contribution in [0.25, 0.3) is 0 Å². The number of hydrogen-bond acceptors (Lipinski definition) is 3. The smallest absolute Gasteiger partial charge is 0.271 e. The van der Waals surface area contributed by atoms with Crippen molar-refractivity contribution in [1.29, 1.82) is 0 Å². The summed E-state index contributed by atoms with van der Waals surface area (Å²) in [6.07, 6.45) is 0. The van der Waals surface area contributed by atoms with Crippen molar-refractivity contribution in [3.8, 4) is 5.75 Å². The summed E-state index contributed by atoms with van der Waals surface area (Å²) < 4.78 is 1.13. The van der Waals surface area contributed by atoms with E-state index >= 15 is 0 Å². The number of phenols is 1. The molecular weight excluding hydrogens is 388 g/mol. The molecule has 0 aromatic heterocycles. The Morgan fingerprint density at radius 1 is 1.15 bits per heavy atom. The Kier molecular flexibility index (Phi) is 4.92. The van der Waals surface area contributed by atoms with E-state index in [2.05, 4.69) is 42.4 Å². The molecule has 0 radical (unpaired) electrons. The van der Waals surface area contributed by atoms with Crippen LogP contribution in [0.3, 0.4) is 0 Å². The van der Waals surface area contributed by atoms with Gasteiger partial charge in [0.25, 0.3) is 5.91 Å². The van der Waals surface area contributed by atoms with Crippen LogP contribution in [0, 0.1) is 0 Å². The minimum absolute atomic E-state index is 0.0674. The van der Waals surface area contributed by atoms with Crippen LogP contribution in [-0.4, -0.2) is 15.6 Å². The lowest BCUT2D eigenvalue weighted by molar-refractivity contribution is 0.0955. The largest absolute Gasteiger partial charge is 0.507 e. The second-order valence-corrected chi connectivity index (χ2v) is 5.54. The minimum Gasteiger partial charge on any atom is -0.507 e. The summed E-state index contributed by atoms with van der Waals surface area (Å²) in [5.74, 6) is -0.255. The summed E-state index contributed by atoms with van der Waals surface area (Å²) in [6, 6.07) is 13.7. The van der Waals surface area contributed by atoms with Crippen LogP contribution in [0.15, 0.2) is 58.1 Å². The number of phenolic OH excluding ortho intramolecular Hbond substituents is 1. The number of aromatic hydroxyl groups is 1. The number of halogens is 2. The van der Waals surface area contributed by atoms with Gasteiger partial charge in [0.05, 0.1) is 5.56 Å². The third kappa shape index (κ3) is 3.68. The molecule has 0 aliphatic heterocycles. The molecule has 0 atom stereocenters. The first-order valence-electron chi connectivity index (χ1n) is 5.65. The zero-order chi connectivity index (χ0) is 14.5. The van der Waals surface area contributed by atoms with Crippen LogP contribution in [0.4, 0.5) is 0 Å². The molecule has 2 aromatic rings. The summed E-state index contributed by atoms with van der Waals surface area (Å²) in [7, 11) is 0. The molecule has 0 aliphatic rings. The second kappa shape index (κ2) is 6.67. The number of amides is 1. The van der Waals surface area contributed by atoms with Crippen LogP contribution in [0.2, 0.25) is 0 Å². The fourth-order valence-corrected chi connectivity index (χ4v) is 2.25. The van der Waals surface area contributed by atoms with Gasteiger partial charge < -0.3 is 5.11 Å². The van der Waals surface area contributed by atoms with Gasteiger partial charge in [-0.2, -0.15) is 5.10 Å². The van der Waals surface area contributed by atoms with E-state index in [-0.39, 0.29) is 11.7 Å². The van der Waals surface area contributed by atoms with Gasteiger partial charge in [0, 0.05) is 10.0 Å². The van der Waals surface area contributed by atoms with Crippen molar-refractivity contribution in [3.63, 3.8) is 0 Å². The van der Waals surface area contributed by atoms with Crippen molar-refractivity contribution < 1.29 is 9.90 Å². The number of hydrogen-bond donors (Lipinski definition) is 2.